The summed E-state index contributed by atoms with van der Waals surface area (Å²) in [5, 5.41) is 3.46. The third kappa shape index (κ3) is 3.66. The molecule has 4 heteroatoms. The third-order valence-electron chi connectivity index (χ3n) is 4.45. The largest absolute Gasteiger partial charge is 0.349 e. The molecule has 2 aromatic rings. The van der Waals surface area contributed by atoms with Crippen LogP contribution in [-0.4, -0.2) is 19.4 Å². The van der Waals surface area contributed by atoms with Gasteiger partial charge in [0.05, 0.1) is 18.8 Å². The van der Waals surface area contributed by atoms with Gasteiger partial charge in [-0.25, -0.2) is 4.39 Å². The summed E-state index contributed by atoms with van der Waals surface area (Å²) in [6.07, 6.45) is -0.555. The number of halogens is 1. The van der Waals surface area contributed by atoms with E-state index in [0.29, 0.717) is 17.7 Å². The second-order valence-corrected chi connectivity index (χ2v) is 6.33. The van der Waals surface area contributed by atoms with E-state index >= 15 is 0 Å². The number of rotatable bonds is 4. The van der Waals surface area contributed by atoms with Crippen LogP contribution in [0.25, 0.3) is 0 Å². The van der Waals surface area contributed by atoms with Crippen molar-refractivity contribution in [1.82, 2.24) is 5.32 Å². The van der Waals surface area contributed by atoms with Crippen molar-refractivity contribution in [2.75, 3.05) is 13.2 Å². The lowest BCUT2D eigenvalue weighted by Gasteiger charge is -2.34. The molecule has 1 saturated heterocycles. The molecule has 0 saturated carbocycles. The van der Waals surface area contributed by atoms with E-state index in [-0.39, 0.29) is 24.3 Å². The number of hydrogen-bond acceptors (Lipinski definition) is 3. The van der Waals surface area contributed by atoms with Crippen molar-refractivity contribution in [2.24, 2.45) is 0 Å². The van der Waals surface area contributed by atoms with Gasteiger partial charge in [0.15, 0.2) is 6.29 Å². The summed E-state index contributed by atoms with van der Waals surface area (Å²) in [6, 6.07) is 13.8. The Morgan fingerprint density at radius 2 is 1.83 bits per heavy atom. The Kier molecular flexibility index (Phi) is 5.29. The highest BCUT2D eigenvalue weighted by Gasteiger charge is 2.29. The highest BCUT2D eigenvalue weighted by Crippen LogP contribution is 2.29. The molecule has 3 rings (SSSR count). The van der Waals surface area contributed by atoms with Gasteiger partial charge in [0.1, 0.15) is 5.82 Å². The second kappa shape index (κ2) is 7.43. The molecule has 128 valence electrons. The molecule has 24 heavy (non-hydrogen) atoms. The second-order valence-electron chi connectivity index (χ2n) is 6.33. The van der Waals surface area contributed by atoms with E-state index in [4.69, 9.17) is 9.47 Å². The quantitative estimate of drug-likeness (QED) is 0.911. The van der Waals surface area contributed by atoms with Crippen LogP contribution in [0, 0.1) is 19.7 Å². The van der Waals surface area contributed by atoms with Crippen molar-refractivity contribution in [3.05, 3.63) is 70.5 Å². The van der Waals surface area contributed by atoms with Crippen molar-refractivity contribution in [3.8, 4) is 0 Å². The lowest BCUT2D eigenvalue weighted by Crippen LogP contribution is -2.43. The minimum Gasteiger partial charge on any atom is -0.349 e. The van der Waals surface area contributed by atoms with Crippen molar-refractivity contribution in [2.45, 2.75) is 39.2 Å². The summed E-state index contributed by atoms with van der Waals surface area (Å²) in [5.41, 5.74) is 3.39. The maximum Gasteiger partial charge on any atom is 0.177 e. The van der Waals surface area contributed by atoms with Gasteiger partial charge in [-0.3, -0.25) is 0 Å². The van der Waals surface area contributed by atoms with Crippen LogP contribution in [-0.2, 0) is 9.47 Å². The number of hydrogen-bond donors (Lipinski definition) is 1. The summed E-state index contributed by atoms with van der Waals surface area (Å²) in [5.74, 6) is -0.149. The van der Waals surface area contributed by atoms with Crippen LogP contribution in [0.15, 0.2) is 42.5 Å². The van der Waals surface area contributed by atoms with Gasteiger partial charge >= 0.3 is 0 Å². The molecule has 2 aromatic carbocycles. The van der Waals surface area contributed by atoms with Gasteiger partial charge in [-0.05, 0) is 43.0 Å². The Bertz CT molecular complexity index is 666. The molecule has 3 nitrogen and oxygen atoms in total. The number of ether oxygens (including phenoxy) is 2. The lowest BCUT2D eigenvalue weighted by molar-refractivity contribution is -0.200. The van der Waals surface area contributed by atoms with Crippen molar-refractivity contribution < 1.29 is 13.9 Å². The fraction of sp³-hybridized carbons (Fsp3) is 0.400. The normalized spacial score (nSPS) is 22.3. The molecule has 1 heterocycles. The predicted octanol–water partition coefficient (Wildman–Crippen LogP) is 4.21. The Morgan fingerprint density at radius 1 is 1.17 bits per heavy atom. The SMILES string of the molecule is Cc1cc([C@@H](C)O[C@H]2OCCN[C@H]2c2ccccc2)cc(C)c1F. The van der Waals surface area contributed by atoms with Crippen LogP contribution in [0.2, 0.25) is 0 Å². The molecule has 0 aromatic heterocycles. The zero-order valence-corrected chi connectivity index (χ0v) is 14.4. The minimum absolute atomic E-state index is 0.00922. The molecule has 1 aliphatic heterocycles. The average Bonchev–Trinajstić information content (AvgIpc) is 2.60. The van der Waals surface area contributed by atoms with Crippen LogP contribution in [0.4, 0.5) is 4.39 Å². The predicted molar refractivity (Wildman–Crippen MR) is 92.3 cm³/mol. The number of morpholine rings is 1. The fourth-order valence-corrected chi connectivity index (χ4v) is 3.13. The fourth-order valence-electron chi connectivity index (χ4n) is 3.13. The summed E-state index contributed by atoms with van der Waals surface area (Å²) in [4.78, 5) is 0. The first kappa shape index (κ1) is 17.1. The highest BCUT2D eigenvalue weighted by atomic mass is 19.1. The smallest absolute Gasteiger partial charge is 0.177 e. The molecule has 0 bridgehead atoms. The first-order valence-electron chi connectivity index (χ1n) is 8.38. The zero-order valence-electron chi connectivity index (χ0n) is 14.4. The van der Waals surface area contributed by atoms with E-state index in [1.165, 1.54) is 0 Å². The van der Waals surface area contributed by atoms with Crippen LogP contribution in [0.3, 0.4) is 0 Å². The molecule has 0 amide bonds. The molecule has 3 atom stereocenters. The van der Waals surface area contributed by atoms with E-state index in [2.05, 4.69) is 17.4 Å². The van der Waals surface area contributed by atoms with Gasteiger partial charge < -0.3 is 14.8 Å². The zero-order chi connectivity index (χ0) is 17.1. The van der Waals surface area contributed by atoms with Gasteiger partial charge in [-0.1, -0.05) is 42.5 Å². The van der Waals surface area contributed by atoms with Crippen LogP contribution >= 0.6 is 0 Å². The van der Waals surface area contributed by atoms with Gasteiger partial charge in [-0.15, -0.1) is 0 Å². The van der Waals surface area contributed by atoms with E-state index in [1.807, 2.05) is 37.3 Å². The molecule has 1 N–H and O–H groups in total. The molecule has 1 aliphatic rings. The number of nitrogens with one attached hydrogen (secondary N) is 1. The van der Waals surface area contributed by atoms with E-state index in [0.717, 1.165) is 17.7 Å². The van der Waals surface area contributed by atoms with Gasteiger partial charge in [0.25, 0.3) is 0 Å². The molecule has 0 spiro atoms. The van der Waals surface area contributed by atoms with Gasteiger partial charge in [0, 0.05) is 6.54 Å². The molecular formula is C20H24FNO2. The average molecular weight is 329 g/mol. The molecule has 1 fully saturated rings. The topological polar surface area (TPSA) is 30.5 Å². The Balaban J connectivity index is 1.78. The van der Waals surface area contributed by atoms with Crippen molar-refractivity contribution >= 4 is 0 Å². The van der Waals surface area contributed by atoms with Crippen molar-refractivity contribution in [1.29, 1.82) is 0 Å². The Morgan fingerprint density at radius 3 is 2.50 bits per heavy atom. The number of benzene rings is 2. The van der Waals surface area contributed by atoms with Crippen LogP contribution < -0.4 is 5.32 Å². The lowest BCUT2D eigenvalue weighted by atomic mass is 10.0. The van der Waals surface area contributed by atoms with Gasteiger partial charge in [-0.2, -0.15) is 0 Å². The summed E-state index contributed by atoms with van der Waals surface area (Å²) in [7, 11) is 0. The van der Waals surface area contributed by atoms with Crippen LogP contribution in [0.5, 0.6) is 0 Å². The standard InChI is InChI=1S/C20H24FNO2/c1-13-11-17(12-14(2)18(13)21)15(3)24-20-19(22-9-10-23-20)16-7-5-4-6-8-16/h4-8,11-12,15,19-20,22H,9-10H2,1-3H3/t15-,19+,20-/m1/s1. The Labute approximate surface area is 142 Å². The van der Waals surface area contributed by atoms with E-state index < -0.39 is 0 Å². The molecular weight excluding hydrogens is 305 g/mol. The summed E-state index contributed by atoms with van der Waals surface area (Å²) in [6.45, 7) is 6.95. The number of aryl methyl sites for hydroxylation is 2. The van der Waals surface area contributed by atoms with E-state index in [1.54, 1.807) is 13.8 Å². The molecule has 0 unspecified atom stereocenters. The monoisotopic (exact) mass is 329 g/mol. The summed E-state index contributed by atoms with van der Waals surface area (Å²) < 4.78 is 25.9. The third-order valence-corrected chi connectivity index (χ3v) is 4.45. The molecule has 0 radical (unpaired) electrons. The summed E-state index contributed by atoms with van der Waals surface area (Å²) >= 11 is 0. The molecule has 0 aliphatic carbocycles. The van der Waals surface area contributed by atoms with Gasteiger partial charge in [0.2, 0.25) is 0 Å². The first-order valence-corrected chi connectivity index (χ1v) is 8.38. The van der Waals surface area contributed by atoms with E-state index in [9.17, 15) is 4.39 Å². The highest BCUT2D eigenvalue weighted by molar-refractivity contribution is 5.31. The van der Waals surface area contributed by atoms with Crippen molar-refractivity contribution in [3.63, 3.8) is 0 Å². The minimum atomic E-state index is -0.373. The maximum absolute atomic E-state index is 13.8. The van der Waals surface area contributed by atoms with Crippen LogP contribution in [0.1, 0.15) is 41.3 Å². The Hall–Kier alpha value is -1.75. The first-order chi connectivity index (χ1) is 11.6. The maximum atomic E-state index is 13.8.